The van der Waals surface area contributed by atoms with E-state index < -0.39 is 0 Å². The first-order valence-electron chi connectivity index (χ1n) is 6.92. The number of amides is 1. The van der Waals surface area contributed by atoms with Crippen LogP contribution in [0.1, 0.15) is 25.3 Å². The number of carbonyl (C=O) groups is 1. The van der Waals surface area contributed by atoms with E-state index in [4.69, 9.17) is 4.74 Å². The smallest absolute Gasteiger partial charge is 0.222 e. The summed E-state index contributed by atoms with van der Waals surface area (Å²) in [5.41, 5.74) is 1.29. The van der Waals surface area contributed by atoms with Crippen molar-refractivity contribution in [2.24, 2.45) is 0 Å². The lowest BCUT2D eigenvalue weighted by molar-refractivity contribution is -0.122. The van der Waals surface area contributed by atoms with Gasteiger partial charge in [-0.2, -0.15) is 0 Å². The van der Waals surface area contributed by atoms with Crippen LogP contribution in [-0.4, -0.2) is 32.2 Å². The Labute approximate surface area is 115 Å². The van der Waals surface area contributed by atoms with E-state index in [9.17, 15) is 4.79 Å². The van der Waals surface area contributed by atoms with Crippen LogP contribution in [-0.2, 0) is 16.1 Å². The third kappa shape index (κ3) is 8.35. The van der Waals surface area contributed by atoms with Crippen molar-refractivity contribution < 1.29 is 9.53 Å². The number of hydrogen-bond acceptors (Lipinski definition) is 3. The van der Waals surface area contributed by atoms with Gasteiger partial charge in [-0.05, 0) is 25.5 Å². The van der Waals surface area contributed by atoms with Gasteiger partial charge in [0.1, 0.15) is 0 Å². The second kappa shape index (κ2) is 10.5. The second-order valence-corrected chi connectivity index (χ2v) is 4.33. The summed E-state index contributed by atoms with van der Waals surface area (Å²) < 4.78 is 5.40. The van der Waals surface area contributed by atoms with Crippen molar-refractivity contribution in [1.82, 2.24) is 10.6 Å². The second-order valence-electron chi connectivity index (χ2n) is 4.33. The fourth-order valence-electron chi connectivity index (χ4n) is 1.68. The largest absolute Gasteiger partial charge is 0.381 e. The van der Waals surface area contributed by atoms with Gasteiger partial charge < -0.3 is 15.4 Å². The van der Waals surface area contributed by atoms with E-state index in [1.165, 1.54) is 5.56 Å². The van der Waals surface area contributed by atoms with Gasteiger partial charge in [0.25, 0.3) is 0 Å². The number of carbonyl (C=O) groups excluding carboxylic acids is 1. The highest BCUT2D eigenvalue weighted by Crippen LogP contribution is 1.97. The lowest BCUT2D eigenvalue weighted by Gasteiger charge is -2.06. The topological polar surface area (TPSA) is 50.4 Å². The van der Waals surface area contributed by atoms with Crippen LogP contribution in [0, 0.1) is 0 Å². The molecule has 1 aromatic rings. The zero-order chi connectivity index (χ0) is 13.8. The van der Waals surface area contributed by atoms with Crippen molar-refractivity contribution in [1.29, 1.82) is 0 Å². The van der Waals surface area contributed by atoms with Crippen molar-refractivity contribution in [2.45, 2.75) is 26.3 Å². The van der Waals surface area contributed by atoms with Crippen LogP contribution in [0.3, 0.4) is 0 Å². The predicted octanol–water partition coefficient (Wildman–Crippen LogP) is 1.71. The summed E-state index contributed by atoms with van der Waals surface area (Å²) in [6.45, 7) is 5.61. The third-order valence-electron chi connectivity index (χ3n) is 2.66. The Morgan fingerprint density at radius 3 is 2.74 bits per heavy atom. The molecule has 0 aliphatic heterocycles. The molecule has 0 fully saturated rings. The summed E-state index contributed by atoms with van der Waals surface area (Å²) in [7, 11) is 0. The fourth-order valence-corrected chi connectivity index (χ4v) is 1.68. The van der Waals surface area contributed by atoms with Crippen molar-refractivity contribution in [2.75, 3.05) is 26.3 Å². The van der Waals surface area contributed by atoms with Crippen molar-refractivity contribution in [3.05, 3.63) is 35.9 Å². The molecule has 0 unspecified atom stereocenters. The highest BCUT2D eigenvalue weighted by molar-refractivity contribution is 5.75. The molecule has 19 heavy (non-hydrogen) atoms. The predicted molar refractivity (Wildman–Crippen MR) is 76.9 cm³/mol. The van der Waals surface area contributed by atoms with Crippen LogP contribution in [0.5, 0.6) is 0 Å². The molecule has 0 aliphatic rings. The van der Waals surface area contributed by atoms with Crippen LogP contribution in [0.25, 0.3) is 0 Å². The van der Waals surface area contributed by atoms with Gasteiger partial charge in [0.05, 0.1) is 6.61 Å². The van der Waals surface area contributed by atoms with Gasteiger partial charge in [-0.1, -0.05) is 30.3 Å². The number of benzene rings is 1. The molecule has 0 bridgehead atoms. The van der Waals surface area contributed by atoms with E-state index in [1.54, 1.807) is 0 Å². The summed E-state index contributed by atoms with van der Waals surface area (Å²) in [6, 6.07) is 10.3. The highest BCUT2D eigenvalue weighted by Gasteiger charge is 1.98. The molecule has 0 atom stereocenters. The zero-order valence-electron chi connectivity index (χ0n) is 11.7. The minimum Gasteiger partial charge on any atom is -0.381 e. The molecule has 1 aromatic carbocycles. The number of hydrogen-bond donors (Lipinski definition) is 2. The van der Waals surface area contributed by atoms with Crippen LogP contribution >= 0.6 is 0 Å². The molecule has 1 amide bonds. The number of ether oxygens (including phenoxy) is 1. The van der Waals surface area contributed by atoms with E-state index in [0.29, 0.717) is 26.2 Å². The Kier molecular flexibility index (Phi) is 8.68. The highest BCUT2D eigenvalue weighted by atomic mass is 16.5. The van der Waals surface area contributed by atoms with Crippen LogP contribution in [0.15, 0.2) is 30.3 Å². The van der Waals surface area contributed by atoms with E-state index in [2.05, 4.69) is 22.8 Å². The van der Waals surface area contributed by atoms with Crippen LogP contribution < -0.4 is 10.6 Å². The van der Waals surface area contributed by atoms with E-state index in [-0.39, 0.29) is 5.91 Å². The van der Waals surface area contributed by atoms with E-state index in [1.807, 2.05) is 25.1 Å². The molecule has 1 rings (SSSR count). The van der Waals surface area contributed by atoms with Gasteiger partial charge in [0, 0.05) is 26.1 Å². The first-order valence-corrected chi connectivity index (χ1v) is 6.92. The SMILES string of the molecule is CCNC(=O)CCOCCCNCc1ccccc1. The summed E-state index contributed by atoms with van der Waals surface area (Å²) in [5, 5.41) is 6.11. The Balaban J connectivity index is 1.88. The Morgan fingerprint density at radius 1 is 1.21 bits per heavy atom. The molecule has 2 N–H and O–H groups in total. The lowest BCUT2D eigenvalue weighted by Crippen LogP contribution is -2.24. The molecule has 0 heterocycles. The standard InChI is InChI=1S/C15H24N2O2/c1-2-17-15(18)9-12-19-11-6-10-16-13-14-7-4-3-5-8-14/h3-5,7-8,16H,2,6,9-13H2,1H3,(H,17,18). The van der Waals surface area contributed by atoms with Crippen molar-refractivity contribution in [3.63, 3.8) is 0 Å². The van der Waals surface area contributed by atoms with Crippen molar-refractivity contribution in [3.8, 4) is 0 Å². The average Bonchev–Trinajstić information content (AvgIpc) is 2.43. The molecular formula is C15H24N2O2. The quantitative estimate of drug-likeness (QED) is 0.633. The molecule has 0 spiro atoms. The van der Waals surface area contributed by atoms with E-state index in [0.717, 1.165) is 19.5 Å². The zero-order valence-corrected chi connectivity index (χ0v) is 11.7. The molecule has 0 saturated carbocycles. The third-order valence-corrected chi connectivity index (χ3v) is 2.66. The first kappa shape index (κ1) is 15.7. The van der Waals surface area contributed by atoms with Crippen molar-refractivity contribution >= 4 is 5.91 Å². The van der Waals surface area contributed by atoms with Gasteiger partial charge in [-0.25, -0.2) is 0 Å². The normalized spacial score (nSPS) is 10.4. The van der Waals surface area contributed by atoms with Crippen LogP contribution in [0.2, 0.25) is 0 Å². The molecule has 4 nitrogen and oxygen atoms in total. The number of nitrogens with one attached hydrogen (secondary N) is 2. The molecule has 4 heteroatoms. The van der Waals surface area contributed by atoms with Gasteiger partial charge in [-0.15, -0.1) is 0 Å². The summed E-state index contributed by atoms with van der Waals surface area (Å²) in [4.78, 5) is 11.1. The first-order chi connectivity index (χ1) is 9.33. The number of rotatable bonds is 10. The maximum absolute atomic E-state index is 11.1. The average molecular weight is 264 g/mol. The molecule has 0 aromatic heterocycles. The monoisotopic (exact) mass is 264 g/mol. The molecule has 0 saturated heterocycles. The van der Waals surface area contributed by atoms with Gasteiger partial charge >= 0.3 is 0 Å². The summed E-state index contributed by atoms with van der Waals surface area (Å²) >= 11 is 0. The minimum atomic E-state index is 0.0599. The van der Waals surface area contributed by atoms with Gasteiger partial charge in [0.2, 0.25) is 5.91 Å². The molecule has 0 aliphatic carbocycles. The van der Waals surface area contributed by atoms with E-state index >= 15 is 0 Å². The Hall–Kier alpha value is -1.39. The molecular weight excluding hydrogens is 240 g/mol. The van der Waals surface area contributed by atoms with Gasteiger partial charge in [0.15, 0.2) is 0 Å². The van der Waals surface area contributed by atoms with Gasteiger partial charge in [-0.3, -0.25) is 4.79 Å². The Morgan fingerprint density at radius 2 is 2.00 bits per heavy atom. The minimum absolute atomic E-state index is 0.0599. The lowest BCUT2D eigenvalue weighted by atomic mass is 10.2. The summed E-state index contributed by atoms with van der Waals surface area (Å²) in [5.74, 6) is 0.0599. The molecule has 0 radical (unpaired) electrons. The van der Waals surface area contributed by atoms with Crippen LogP contribution in [0.4, 0.5) is 0 Å². The summed E-state index contributed by atoms with van der Waals surface area (Å²) in [6.07, 6.45) is 1.41. The Bertz CT molecular complexity index is 341. The fraction of sp³-hybridized carbons (Fsp3) is 0.533. The maximum Gasteiger partial charge on any atom is 0.222 e. The maximum atomic E-state index is 11.1. The molecule has 106 valence electrons.